The zero-order valence-corrected chi connectivity index (χ0v) is 20.0. The van der Waals surface area contributed by atoms with Gasteiger partial charge in [0.15, 0.2) is 0 Å². The van der Waals surface area contributed by atoms with Gasteiger partial charge in [0, 0.05) is 30.8 Å². The van der Waals surface area contributed by atoms with Crippen molar-refractivity contribution in [3.05, 3.63) is 41.0 Å². The average molecular weight is 469 g/mol. The van der Waals surface area contributed by atoms with E-state index in [1.807, 2.05) is 13.8 Å². The van der Waals surface area contributed by atoms with E-state index >= 15 is 0 Å². The normalized spacial score (nSPS) is 17.1. The van der Waals surface area contributed by atoms with Crippen LogP contribution in [0.5, 0.6) is 5.75 Å². The maximum atomic E-state index is 12.6. The third kappa shape index (κ3) is 5.41. The van der Waals surface area contributed by atoms with Crippen molar-refractivity contribution in [3.8, 4) is 11.8 Å². The van der Waals surface area contributed by atoms with Gasteiger partial charge in [0.25, 0.3) is 0 Å². The van der Waals surface area contributed by atoms with E-state index < -0.39 is 0 Å². The van der Waals surface area contributed by atoms with Crippen LogP contribution in [-0.4, -0.2) is 55.7 Å². The maximum Gasteiger partial charge on any atom is 0.234 e. The summed E-state index contributed by atoms with van der Waals surface area (Å²) in [5.74, 6) is 1.54. The number of nitrogens with zero attached hydrogens (tertiary/aromatic N) is 3. The van der Waals surface area contributed by atoms with E-state index in [4.69, 9.17) is 19.2 Å². The van der Waals surface area contributed by atoms with Gasteiger partial charge >= 0.3 is 0 Å². The molecule has 2 aromatic rings. The van der Waals surface area contributed by atoms with E-state index in [9.17, 15) is 10.1 Å². The Morgan fingerprint density at radius 1 is 1.27 bits per heavy atom. The predicted octanol–water partition coefficient (Wildman–Crippen LogP) is 3.38. The highest BCUT2D eigenvalue weighted by atomic mass is 32.2. The second-order valence-electron chi connectivity index (χ2n) is 8.57. The fraction of sp³-hybridized carbons (Fsp3) is 0.458. The molecule has 0 aliphatic carbocycles. The highest BCUT2D eigenvalue weighted by Gasteiger charge is 2.33. The first-order valence-corrected chi connectivity index (χ1v) is 11.9. The molecule has 0 bridgehead atoms. The van der Waals surface area contributed by atoms with Crippen LogP contribution in [0.1, 0.15) is 30.5 Å². The summed E-state index contributed by atoms with van der Waals surface area (Å²) in [6, 6.07) is 9.51. The highest BCUT2D eigenvalue weighted by Crippen LogP contribution is 2.38. The highest BCUT2D eigenvalue weighted by molar-refractivity contribution is 8.00. The molecule has 2 aliphatic heterocycles. The van der Waals surface area contributed by atoms with Crippen molar-refractivity contribution < 1.29 is 19.0 Å². The number of aromatic nitrogens is 1. The first kappa shape index (κ1) is 23.4. The molecule has 0 radical (unpaired) electrons. The minimum absolute atomic E-state index is 0.148. The average Bonchev–Trinajstić information content (AvgIpc) is 2.82. The lowest BCUT2D eigenvalue weighted by Crippen LogP contribution is -2.39. The number of carbonyl (C=O) groups excluding carboxylic acids is 1. The van der Waals surface area contributed by atoms with Crippen LogP contribution in [0.3, 0.4) is 0 Å². The summed E-state index contributed by atoms with van der Waals surface area (Å²) >= 11 is 1.29. The van der Waals surface area contributed by atoms with Crippen molar-refractivity contribution in [3.63, 3.8) is 0 Å². The van der Waals surface area contributed by atoms with Gasteiger partial charge in [0.2, 0.25) is 5.91 Å². The molecule has 2 aliphatic rings. The molecule has 4 rings (SSSR count). The van der Waals surface area contributed by atoms with Crippen molar-refractivity contribution >= 4 is 29.2 Å². The number of methoxy groups -OCH3 is 1. The first-order chi connectivity index (χ1) is 15.9. The van der Waals surface area contributed by atoms with Crippen molar-refractivity contribution in [2.45, 2.75) is 37.5 Å². The zero-order valence-electron chi connectivity index (χ0n) is 19.1. The Morgan fingerprint density at radius 2 is 2.00 bits per heavy atom. The summed E-state index contributed by atoms with van der Waals surface area (Å²) in [6.45, 7) is 7.21. The number of fused-ring (bicyclic) bond motifs is 1. The molecule has 0 saturated carbocycles. The zero-order chi connectivity index (χ0) is 23.4. The lowest BCUT2D eigenvalue weighted by atomic mass is 9.89. The Bertz CT molecular complexity index is 1060. The van der Waals surface area contributed by atoms with E-state index in [1.165, 1.54) is 11.8 Å². The molecule has 3 heterocycles. The number of hydrogen-bond donors (Lipinski definition) is 1. The van der Waals surface area contributed by atoms with Gasteiger partial charge in [0.1, 0.15) is 22.7 Å². The van der Waals surface area contributed by atoms with E-state index in [2.05, 4.69) is 16.3 Å². The van der Waals surface area contributed by atoms with Gasteiger partial charge < -0.3 is 24.4 Å². The van der Waals surface area contributed by atoms with Crippen molar-refractivity contribution in [1.29, 1.82) is 5.26 Å². The van der Waals surface area contributed by atoms with Crippen LogP contribution in [0.4, 0.5) is 11.5 Å². The smallest absolute Gasteiger partial charge is 0.234 e. The van der Waals surface area contributed by atoms with Crippen LogP contribution in [-0.2, 0) is 27.3 Å². The number of anilines is 2. The molecule has 1 aromatic heterocycles. The molecule has 8 nitrogen and oxygen atoms in total. The van der Waals surface area contributed by atoms with E-state index in [0.717, 1.165) is 35.8 Å². The predicted molar refractivity (Wildman–Crippen MR) is 127 cm³/mol. The number of nitrogens with one attached hydrogen (secondary N) is 1. The van der Waals surface area contributed by atoms with Crippen LogP contribution in [0.15, 0.2) is 29.3 Å². The summed E-state index contributed by atoms with van der Waals surface area (Å²) in [5.41, 5.74) is 2.81. The molecule has 1 amide bonds. The van der Waals surface area contributed by atoms with E-state index in [-0.39, 0.29) is 17.3 Å². The summed E-state index contributed by atoms with van der Waals surface area (Å²) < 4.78 is 16.7. The molecule has 1 N–H and O–H groups in total. The molecule has 33 heavy (non-hydrogen) atoms. The summed E-state index contributed by atoms with van der Waals surface area (Å²) in [4.78, 5) is 19.6. The molecule has 1 aromatic carbocycles. The number of carbonyl (C=O) groups is 1. The molecule has 1 saturated heterocycles. The molecule has 0 atom stereocenters. The molecular formula is C24H28N4O4S. The summed E-state index contributed by atoms with van der Waals surface area (Å²) in [5, 5.41) is 13.5. The maximum absolute atomic E-state index is 12.6. The number of nitriles is 1. The number of amides is 1. The number of pyridine rings is 1. The van der Waals surface area contributed by atoms with E-state index in [0.29, 0.717) is 42.5 Å². The van der Waals surface area contributed by atoms with Gasteiger partial charge in [-0.2, -0.15) is 5.26 Å². The number of hydrogen-bond acceptors (Lipinski definition) is 8. The molecule has 174 valence electrons. The summed E-state index contributed by atoms with van der Waals surface area (Å²) in [6.07, 6.45) is 0.622. The van der Waals surface area contributed by atoms with Crippen molar-refractivity contribution in [1.82, 2.24) is 4.98 Å². The number of rotatable bonds is 6. The third-order valence-electron chi connectivity index (χ3n) is 5.70. The van der Waals surface area contributed by atoms with Gasteiger partial charge in [0.05, 0.1) is 43.8 Å². The monoisotopic (exact) mass is 468 g/mol. The van der Waals surface area contributed by atoms with Crippen LogP contribution in [0.25, 0.3) is 0 Å². The number of benzene rings is 1. The second-order valence-corrected chi connectivity index (χ2v) is 9.54. The van der Waals surface area contributed by atoms with Crippen LogP contribution >= 0.6 is 11.8 Å². The van der Waals surface area contributed by atoms with Crippen molar-refractivity contribution in [2.75, 3.05) is 49.4 Å². The number of ether oxygens (including phenoxy) is 3. The second kappa shape index (κ2) is 10.00. The Morgan fingerprint density at radius 3 is 2.67 bits per heavy atom. The fourth-order valence-electron chi connectivity index (χ4n) is 3.99. The molecule has 1 fully saturated rings. The lowest BCUT2D eigenvalue weighted by molar-refractivity contribution is -0.113. The van der Waals surface area contributed by atoms with Crippen molar-refractivity contribution in [2.24, 2.45) is 0 Å². The number of morpholine rings is 1. The number of thioether (sulfide) groups is 1. The summed E-state index contributed by atoms with van der Waals surface area (Å²) in [7, 11) is 1.60. The van der Waals surface area contributed by atoms with Gasteiger partial charge in [-0.3, -0.25) is 4.79 Å². The van der Waals surface area contributed by atoms with Crippen LogP contribution in [0, 0.1) is 11.3 Å². The van der Waals surface area contributed by atoms with E-state index in [1.54, 1.807) is 31.4 Å². The minimum Gasteiger partial charge on any atom is -0.497 e. The Balaban J connectivity index is 1.58. The third-order valence-corrected chi connectivity index (χ3v) is 6.68. The molecule has 0 spiro atoms. The Kier molecular flexibility index (Phi) is 7.08. The largest absolute Gasteiger partial charge is 0.497 e. The molecule has 9 heteroatoms. The van der Waals surface area contributed by atoms with Gasteiger partial charge in [-0.1, -0.05) is 11.8 Å². The van der Waals surface area contributed by atoms with Crippen LogP contribution in [0.2, 0.25) is 0 Å². The minimum atomic E-state index is -0.365. The standard InChI is InChI=1S/C24H28N4O4S/c1-24(2)12-18-19(13-25)23(27-22(20(18)14-32-24)28-8-10-31-11-9-28)33-15-21(29)26-16-4-6-17(30-3)7-5-16/h4-7H,8-12,14-15H2,1-3H3,(H,26,29). The molecular weight excluding hydrogens is 440 g/mol. The SMILES string of the molecule is COc1ccc(NC(=O)CSc2nc(N3CCOCC3)c3c(c2C#N)CC(C)(C)OC3)cc1. The van der Waals surface area contributed by atoms with Crippen LogP contribution < -0.4 is 15.0 Å². The lowest BCUT2D eigenvalue weighted by Gasteiger charge is -2.36. The van der Waals surface area contributed by atoms with Gasteiger partial charge in [-0.05, 0) is 43.7 Å². The Hall–Kier alpha value is -2.80. The van der Waals surface area contributed by atoms with Gasteiger partial charge in [-0.15, -0.1) is 0 Å². The first-order valence-electron chi connectivity index (χ1n) is 10.9. The Labute approximate surface area is 198 Å². The molecule has 0 unspecified atom stereocenters. The quantitative estimate of drug-likeness (QED) is 0.645. The topological polar surface area (TPSA) is 96.7 Å². The van der Waals surface area contributed by atoms with Gasteiger partial charge in [-0.25, -0.2) is 4.98 Å². The fourth-order valence-corrected chi connectivity index (χ4v) is 4.79.